The van der Waals surface area contributed by atoms with Crippen molar-refractivity contribution >= 4 is 0 Å². The van der Waals surface area contributed by atoms with E-state index in [2.05, 4.69) is 17.3 Å². The van der Waals surface area contributed by atoms with Crippen molar-refractivity contribution in [2.24, 2.45) is 0 Å². The van der Waals surface area contributed by atoms with E-state index in [0.717, 1.165) is 26.2 Å². The minimum atomic E-state index is 0.568. The summed E-state index contributed by atoms with van der Waals surface area (Å²) in [4.78, 5) is 2.33. The summed E-state index contributed by atoms with van der Waals surface area (Å²) in [6, 6.07) is 0.568. The maximum absolute atomic E-state index is 5.07. The normalized spacial score (nSPS) is 28.8. The first kappa shape index (κ1) is 7.98. The molecular formula is C7H16N2O. The Bertz CT molecular complexity index is 95.6. The van der Waals surface area contributed by atoms with Crippen molar-refractivity contribution < 1.29 is 4.74 Å². The topological polar surface area (TPSA) is 24.5 Å². The van der Waals surface area contributed by atoms with Gasteiger partial charge >= 0.3 is 0 Å². The Morgan fingerprint density at radius 2 is 2.50 bits per heavy atom. The zero-order valence-electron chi connectivity index (χ0n) is 6.76. The van der Waals surface area contributed by atoms with Gasteiger partial charge in [0.2, 0.25) is 0 Å². The molecule has 1 rings (SSSR count). The van der Waals surface area contributed by atoms with Crippen molar-refractivity contribution in [3.05, 3.63) is 0 Å². The highest BCUT2D eigenvalue weighted by Gasteiger charge is 2.17. The number of hydrogen-bond donors (Lipinski definition) is 1. The van der Waals surface area contributed by atoms with Gasteiger partial charge in [-0.2, -0.15) is 0 Å². The maximum Gasteiger partial charge on any atom is 0.0630 e. The first-order valence-electron chi connectivity index (χ1n) is 3.74. The van der Waals surface area contributed by atoms with Crippen LogP contribution in [-0.4, -0.2) is 51.3 Å². The number of rotatable bonds is 2. The highest BCUT2D eigenvalue weighted by atomic mass is 16.5. The van der Waals surface area contributed by atoms with E-state index in [-0.39, 0.29) is 0 Å². The molecule has 0 spiro atoms. The van der Waals surface area contributed by atoms with Crippen LogP contribution in [-0.2, 0) is 4.74 Å². The smallest absolute Gasteiger partial charge is 0.0630 e. The van der Waals surface area contributed by atoms with Gasteiger partial charge in [-0.15, -0.1) is 0 Å². The van der Waals surface area contributed by atoms with Gasteiger partial charge in [0.1, 0.15) is 0 Å². The van der Waals surface area contributed by atoms with E-state index in [0.29, 0.717) is 6.04 Å². The van der Waals surface area contributed by atoms with E-state index in [9.17, 15) is 0 Å². The van der Waals surface area contributed by atoms with Crippen molar-refractivity contribution in [3.63, 3.8) is 0 Å². The van der Waals surface area contributed by atoms with Gasteiger partial charge in [0.05, 0.1) is 6.61 Å². The third kappa shape index (κ3) is 1.94. The molecule has 3 nitrogen and oxygen atoms in total. The lowest BCUT2D eigenvalue weighted by molar-refractivity contribution is 0.0909. The molecule has 1 saturated heterocycles. The number of nitrogens with one attached hydrogen (secondary N) is 1. The third-order valence-corrected chi connectivity index (χ3v) is 2.00. The van der Waals surface area contributed by atoms with Crippen LogP contribution in [0.25, 0.3) is 0 Å². The van der Waals surface area contributed by atoms with Crippen LogP contribution in [0.1, 0.15) is 0 Å². The molecule has 1 atom stereocenters. The standard InChI is InChI=1S/C7H16N2O/c1-9-4-3-8-5-7(9)6-10-2/h7-8H,3-6H2,1-2H3/t7-/m0/s1. The second-order valence-corrected chi connectivity index (χ2v) is 2.79. The summed E-state index contributed by atoms with van der Waals surface area (Å²) in [5, 5.41) is 3.33. The van der Waals surface area contributed by atoms with E-state index in [1.54, 1.807) is 7.11 Å². The SMILES string of the molecule is COC[C@@H]1CNCCN1C. The third-order valence-electron chi connectivity index (χ3n) is 2.00. The van der Waals surface area contributed by atoms with Gasteiger partial charge in [0.15, 0.2) is 0 Å². The van der Waals surface area contributed by atoms with Crippen LogP contribution >= 0.6 is 0 Å². The van der Waals surface area contributed by atoms with E-state index >= 15 is 0 Å². The summed E-state index contributed by atoms with van der Waals surface area (Å²) in [6.07, 6.45) is 0. The highest BCUT2D eigenvalue weighted by Crippen LogP contribution is 1.98. The molecule has 0 radical (unpaired) electrons. The number of methoxy groups -OCH3 is 1. The Balaban J connectivity index is 2.25. The van der Waals surface area contributed by atoms with E-state index < -0.39 is 0 Å². The van der Waals surface area contributed by atoms with Crippen LogP contribution < -0.4 is 5.32 Å². The Morgan fingerprint density at radius 1 is 1.70 bits per heavy atom. The summed E-state index contributed by atoms with van der Waals surface area (Å²) in [6.45, 7) is 4.14. The number of piperazine rings is 1. The molecule has 0 unspecified atom stereocenters. The molecular weight excluding hydrogens is 128 g/mol. The predicted molar refractivity (Wildman–Crippen MR) is 41.2 cm³/mol. The first-order valence-corrected chi connectivity index (χ1v) is 3.74. The van der Waals surface area contributed by atoms with Crippen LogP contribution in [0.15, 0.2) is 0 Å². The van der Waals surface area contributed by atoms with Crippen LogP contribution in [0, 0.1) is 0 Å². The Kier molecular flexibility index (Phi) is 3.12. The van der Waals surface area contributed by atoms with Crippen LogP contribution in [0.4, 0.5) is 0 Å². The molecule has 10 heavy (non-hydrogen) atoms. The number of hydrogen-bond acceptors (Lipinski definition) is 3. The fourth-order valence-electron chi connectivity index (χ4n) is 1.24. The molecule has 60 valence electrons. The number of ether oxygens (including phenoxy) is 1. The second-order valence-electron chi connectivity index (χ2n) is 2.79. The zero-order valence-corrected chi connectivity index (χ0v) is 6.76. The van der Waals surface area contributed by atoms with Gasteiger partial charge < -0.3 is 10.1 Å². The van der Waals surface area contributed by atoms with Gasteiger partial charge in [-0.05, 0) is 7.05 Å². The minimum Gasteiger partial charge on any atom is -0.383 e. The summed E-state index contributed by atoms with van der Waals surface area (Å²) < 4.78 is 5.07. The lowest BCUT2D eigenvalue weighted by atomic mass is 10.2. The minimum absolute atomic E-state index is 0.568. The van der Waals surface area contributed by atoms with E-state index in [1.165, 1.54) is 0 Å². The van der Waals surface area contributed by atoms with Crippen molar-refractivity contribution in [3.8, 4) is 0 Å². The van der Waals surface area contributed by atoms with Gasteiger partial charge in [-0.3, -0.25) is 4.90 Å². The number of likely N-dealkylation sites (N-methyl/N-ethyl adjacent to an activating group) is 1. The van der Waals surface area contributed by atoms with E-state index in [4.69, 9.17) is 4.74 Å². The second kappa shape index (κ2) is 3.91. The molecule has 0 aromatic carbocycles. The molecule has 1 aliphatic heterocycles. The average molecular weight is 144 g/mol. The lowest BCUT2D eigenvalue weighted by Crippen LogP contribution is -2.51. The van der Waals surface area contributed by atoms with Gasteiger partial charge in [-0.25, -0.2) is 0 Å². The molecule has 1 N–H and O–H groups in total. The Morgan fingerprint density at radius 3 is 3.10 bits per heavy atom. The number of nitrogens with zero attached hydrogens (tertiary/aromatic N) is 1. The van der Waals surface area contributed by atoms with Crippen molar-refractivity contribution in [2.75, 3.05) is 40.4 Å². The zero-order chi connectivity index (χ0) is 7.40. The van der Waals surface area contributed by atoms with Gasteiger partial charge in [0.25, 0.3) is 0 Å². The molecule has 0 aliphatic carbocycles. The largest absolute Gasteiger partial charge is 0.383 e. The monoisotopic (exact) mass is 144 g/mol. The molecule has 3 heteroatoms. The average Bonchev–Trinajstić information content (AvgIpc) is 1.94. The molecule has 1 heterocycles. The lowest BCUT2D eigenvalue weighted by Gasteiger charge is -2.32. The highest BCUT2D eigenvalue weighted by molar-refractivity contribution is 4.76. The van der Waals surface area contributed by atoms with Crippen molar-refractivity contribution in [1.82, 2.24) is 10.2 Å². The summed E-state index contributed by atoms with van der Waals surface area (Å²) in [5.74, 6) is 0. The van der Waals surface area contributed by atoms with Crippen molar-refractivity contribution in [2.45, 2.75) is 6.04 Å². The molecule has 0 bridgehead atoms. The molecule has 0 aromatic heterocycles. The first-order chi connectivity index (χ1) is 4.84. The quantitative estimate of drug-likeness (QED) is 0.567. The summed E-state index contributed by atoms with van der Waals surface area (Å²) in [7, 11) is 3.90. The Labute approximate surface area is 62.3 Å². The molecule has 0 saturated carbocycles. The van der Waals surface area contributed by atoms with Gasteiger partial charge in [-0.1, -0.05) is 0 Å². The predicted octanol–water partition coefficient (Wildman–Crippen LogP) is -0.464. The summed E-state index contributed by atoms with van der Waals surface area (Å²) in [5.41, 5.74) is 0. The van der Waals surface area contributed by atoms with Crippen LogP contribution in [0.2, 0.25) is 0 Å². The van der Waals surface area contributed by atoms with Crippen LogP contribution in [0.5, 0.6) is 0 Å². The molecule has 0 aromatic rings. The fourth-order valence-corrected chi connectivity index (χ4v) is 1.24. The van der Waals surface area contributed by atoms with E-state index in [1.807, 2.05) is 0 Å². The van der Waals surface area contributed by atoms with Crippen LogP contribution in [0.3, 0.4) is 0 Å². The van der Waals surface area contributed by atoms with Crippen molar-refractivity contribution in [1.29, 1.82) is 0 Å². The summed E-state index contributed by atoms with van der Waals surface area (Å²) >= 11 is 0. The molecule has 1 aliphatic rings. The molecule has 0 amide bonds. The Hall–Kier alpha value is -0.120. The fraction of sp³-hybridized carbons (Fsp3) is 1.00. The maximum atomic E-state index is 5.07. The molecule has 1 fully saturated rings. The van der Waals surface area contributed by atoms with Gasteiger partial charge in [0, 0.05) is 32.8 Å².